The first-order valence-electron chi connectivity index (χ1n) is 5.96. The first kappa shape index (κ1) is 13.8. The van der Waals surface area contributed by atoms with E-state index in [1.165, 1.54) is 5.56 Å². The van der Waals surface area contributed by atoms with Gasteiger partial charge in [-0.25, -0.2) is 0 Å². The van der Waals surface area contributed by atoms with Crippen LogP contribution in [0, 0.1) is 0 Å². The third kappa shape index (κ3) is 3.58. The van der Waals surface area contributed by atoms with Crippen LogP contribution in [-0.4, -0.2) is 11.1 Å². The summed E-state index contributed by atoms with van der Waals surface area (Å²) in [5.41, 5.74) is 2.10. The van der Waals surface area contributed by atoms with E-state index < -0.39 is 5.97 Å². The van der Waals surface area contributed by atoms with E-state index in [4.69, 9.17) is 5.11 Å². The molecule has 0 amide bonds. The Balaban J connectivity index is 3.11. The summed E-state index contributed by atoms with van der Waals surface area (Å²) < 4.78 is 0. The van der Waals surface area contributed by atoms with Gasteiger partial charge in [-0.1, -0.05) is 58.9 Å². The van der Waals surface area contributed by atoms with Gasteiger partial charge in [-0.15, -0.1) is 0 Å². The monoisotopic (exact) mass is 234 g/mol. The predicted octanol–water partition coefficient (Wildman–Crippen LogP) is 3.74. The highest BCUT2D eigenvalue weighted by atomic mass is 16.4. The van der Waals surface area contributed by atoms with Crippen molar-refractivity contribution in [2.45, 2.75) is 51.9 Å². The minimum absolute atomic E-state index is 0.0926. The first-order valence-corrected chi connectivity index (χ1v) is 5.96. The molecule has 2 nitrogen and oxygen atoms in total. The third-order valence-electron chi connectivity index (χ3n) is 3.10. The summed E-state index contributed by atoms with van der Waals surface area (Å²) >= 11 is 0. The number of carboxylic acids is 1. The van der Waals surface area contributed by atoms with Crippen molar-refractivity contribution in [2.75, 3.05) is 0 Å². The predicted molar refractivity (Wildman–Crippen MR) is 70.4 cm³/mol. The van der Waals surface area contributed by atoms with Crippen molar-refractivity contribution >= 4 is 5.97 Å². The number of benzene rings is 1. The standard InChI is InChI=1S/C15H22O2/c1-14(2,3)11-7-6-8-12(9-11)15(4,5)10-13(16)17/h6-9H,10H2,1-5H3,(H,16,17). The molecule has 0 spiro atoms. The van der Waals surface area contributed by atoms with E-state index in [9.17, 15) is 4.79 Å². The van der Waals surface area contributed by atoms with Crippen LogP contribution in [0.3, 0.4) is 0 Å². The van der Waals surface area contributed by atoms with Gasteiger partial charge in [0.05, 0.1) is 6.42 Å². The smallest absolute Gasteiger partial charge is 0.304 e. The Morgan fingerprint density at radius 3 is 2.12 bits per heavy atom. The average molecular weight is 234 g/mol. The summed E-state index contributed by atoms with van der Waals surface area (Å²) in [7, 11) is 0. The summed E-state index contributed by atoms with van der Waals surface area (Å²) in [5, 5.41) is 8.94. The molecule has 1 aromatic carbocycles. The van der Waals surface area contributed by atoms with Gasteiger partial charge in [0.25, 0.3) is 0 Å². The van der Waals surface area contributed by atoms with Crippen LogP contribution in [0.25, 0.3) is 0 Å². The molecule has 0 atom stereocenters. The number of hydrogen-bond acceptors (Lipinski definition) is 1. The minimum atomic E-state index is -0.754. The number of rotatable bonds is 3. The highest BCUT2D eigenvalue weighted by molar-refractivity contribution is 5.68. The Kier molecular flexibility index (Phi) is 3.65. The Hall–Kier alpha value is -1.31. The van der Waals surface area contributed by atoms with Gasteiger partial charge >= 0.3 is 5.97 Å². The molecule has 1 aromatic rings. The maximum atomic E-state index is 10.9. The third-order valence-corrected chi connectivity index (χ3v) is 3.10. The van der Waals surface area contributed by atoms with E-state index >= 15 is 0 Å². The van der Waals surface area contributed by atoms with Gasteiger partial charge in [-0.3, -0.25) is 4.79 Å². The maximum Gasteiger partial charge on any atom is 0.304 e. The molecular formula is C15H22O2. The summed E-state index contributed by atoms with van der Waals surface area (Å²) in [6, 6.07) is 8.25. The fourth-order valence-corrected chi connectivity index (χ4v) is 1.89. The average Bonchev–Trinajstić information content (AvgIpc) is 2.14. The van der Waals surface area contributed by atoms with Gasteiger partial charge in [-0.05, 0) is 16.5 Å². The van der Waals surface area contributed by atoms with E-state index in [1.54, 1.807) is 0 Å². The van der Waals surface area contributed by atoms with Crippen LogP contribution < -0.4 is 0 Å². The van der Waals surface area contributed by atoms with Gasteiger partial charge in [-0.2, -0.15) is 0 Å². The van der Waals surface area contributed by atoms with E-state index in [-0.39, 0.29) is 17.3 Å². The molecule has 0 saturated carbocycles. The van der Waals surface area contributed by atoms with Gasteiger partial charge in [0.2, 0.25) is 0 Å². The maximum absolute atomic E-state index is 10.9. The highest BCUT2D eigenvalue weighted by Gasteiger charge is 2.25. The molecule has 0 radical (unpaired) electrons. The molecule has 0 aromatic heterocycles. The number of aliphatic carboxylic acids is 1. The molecule has 0 aliphatic rings. The van der Waals surface area contributed by atoms with Crippen LogP contribution in [0.4, 0.5) is 0 Å². The lowest BCUT2D eigenvalue weighted by atomic mass is 9.78. The molecule has 0 unspecified atom stereocenters. The second kappa shape index (κ2) is 4.52. The Morgan fingerprint density at radius 1 is 1.12 bits per heavy atom. The molecule has 0 fully saturated rings. The van der Waals surface area contributed by atoms with Gasteiger partial charge in [0.15, 0.2) is 0 Å². The first-order chi connectivity index (χ1) is 7.63. The van der Waals surface area contributed by atoms with E-state index in [1.807, 2.05) is 26.0 Å². The summed E-state index contributed by atoms with van der Waals surface area (Å²) in [5.74, 6) is -0.754. The SMILES string of the molecule is CC(C)(C)c1cccc(C(C)(C)CC(=O)O)c1. The van der Waals surface area contributed by atoms with Crippen LogP contribution >= 0.6 is 0 Å². The molecule has 1 N–H and O–H groups in total. The van der Waals surface area contributed by atoms with Crippen molar-refractivity contribution in [3.8, 4) is 0 Å². The molecule has 94 valence electrons. The largest absolute Gasteiger partial charge is 0.481 e. The summed E-state index contributed by atoms with van der Waals surface area (Å²) in [6.07, 6.45) is 0.153. The molecular weight excluding hydrogens is 212 g/mol. The lowest BCUT2D eigenvalue weighted by molar-refractivity contribution is -0.138. The molecule has 1 rings (SSSR count). The highest BCUT2D eigenvalue weighted by Crippen LogP contribution is 2.31. The fraction of sp³-hybridized carbons (Fsp3) is 0.533. The summed E-state index contributed by atoms with van der Waals surface area (Å²) in [6.45, 7) is 10.4. The van der Waals surface area contributed by atoms with Gasteiger partial charge in [0, 0.05) is 5.41 Å². The van der Waals surface area contributed by atoms with Crippen molar-refractivity contribution in [2.24, 2.45) is 0 Å². The molecule has 2 heteroatoms. The zero-order valence-corrected chi connectivity index (χ0v) is 11.4. The Labute approximate surface area is 104 Å². The zero-order valence-electron chi connectivity index (χ0n) is 11.4. The molecule has 0 bridgehead atoms. The topological polar surface area (TPSA) is 37.3 Å². The number of hydrogen-bond donors (Lipinski definition) is 1. The van der Waals surface area contributed by atoms with E-state index in [0.717, 1.165) is 5.56 Å². The van der Waals surface area contributed by atoms with E-state index in [0.29, 0.717) is 0 Å². The minimum Gasteiger partial charge on any atom is -0.481 e. The van der Waals surface area contributed by atoms with Crippen LogP contribution in [0.1, 0.15) is 52.2 Å². The van der Waals surface area contributed by atoms with Crippen LogP contribution in [0.2, 0.25) is 0 Å². The molecule has 0 aliphatic carbocycles. The molecule has 0 heterocycles. The van der Waals surface area contributed by atoms with Gasteiger partial charge < -0.3 is 5.11 Å². The zero-order chi connectivity index (χ0) is 13.3. The van der Waals surface area contributed by atoms with E-state index in [2.05, 4.69) is 32.9 Å². The second-order valence-electron chi connectivity index (χ2n) is 6.29. The van der Waals surface area contributed by atoms with Gasteiger partial charge in [0.1, 0.15) is 0 Å². The molecule has 0 aliphatic heterocycles. The van der Waals surface area contributed by atoms with Crippen LogP contribution in [0.15, 0.2) is 24.3 Å². The number of carboxylic acid groups (broad SMARTS) is 1. The summed E-state index contributed by atoms with van der Waals surface area (Å²) in [4.78, 5) is 10.9. The quantitative estimate of drug-likeness (QED) is 0.865. The molecule has 17 heavy (non-hydrogen) atoms. The van der Waals surface area contributed by atoms with Crippen LogP contribution in [0.5, 0.6) is 0 Å². The normalized spacial score (nSPS) is 12.5. The van der Waals surface area contributed by atoms with Crippen molar-refractivity contribution < 1.29 is 9.90 Å². The van der Waals surface area contributed by atoms with Crippen molar-refractivity contribution in [1.29, 1.82) is 0 Å². The Bertz CT molecular complexity index is 411. The van der Waals surface area contributed by atoms with Crippen molar-refractivity contribution in [3.05, 3.63) is 35.4 Å². The lowest BCUT2D eigenvalue weighted by Crippen LogP contribution is -2.22. The lowest BCUT2D eigenvalue weighted by Gasteiger charge is -2.26. The van der Waals surface area contributed by atoms with Crippen molar-refractivity contribution in [3.63, 3.8) is 0 Å². The fourth-order valence-electron chi connectivity index (χ4n) is 1.89. The molecule has 0 saturated heterocycles. The number of carbonyl (C=O) groups is 1. The second-order valence-corrected chi connectivity index (χ2v) is 6.29. The van der Waals surface area contributed by atoms with Crippen LogP contribution in [-0.2, 0) is 15.6 Å². The Morgan fingerprint density at radius 2 is 1.65 bits per heavy atom. The van der Waals surface area contributed by atoms with Crippen molar-refractivity contribution in [1.82, 2.24) is 0 Å².